The molecule has 1 saturated heterocycles. The summed E-state index contributed by atoms with van der Waals surface area (Å²) in [6.07, 6.45) is 3.55. The second kappa shape index (κ2) is 4.83. The van der Waals surface area contributed by atoms with Crippen LogP contribution in [0.15, 0.2) is 22.7 Å². The van der Waals surface area contributed by atoms with E-state index in [-0.39, 0.29) is 16.6 Å². The van der Waals surface area contributed by atoms with Gasteiger partial charge in [-0.2, -0.15) is 0 Å². The van der Waals surface area contributed by atoms with Crippen LogP contribution in [0.4, 0.5) is 4.39 Å². The Balaban J connectivity index is 2.05. The van der Waals surface area contributed by atoms with E-state index in [2.05, 4.69) is 21.2 Å². The Morgan fingerprint density at radius 2 is 2.11 bits per heavy atom. The summed E-state index contributed by atoms with van der Waals surface area (Å²) < 4.78 is 20.8. The Kier molecular flexibility index (Phi) is 3.44. The third-order valence-electron chi connectivity index (χ3n) is 4.98. The molecule has 4 heteroatoms. The molecule has 19 heavy (non-hydrogen) atoms. The first-order chi connectivity index (χ1) is 9.13. The smallest absolute Gasteiger partial charge is 0.127 e. The summed E-state index contributed by atoms with van der Waals surface area (Å²) in [5.41, 5.74) is 0.826. The summed E-state index contributed by atoms with van der Waals surface area (Å²) in [7, 11) is 1.98. The molecule has 0 amide bonds. The molecule has 1 heterocycles. The van der Waals surface area contributed by atoms with Crippen LogP contribution in [0.25, 0.3) is 0 Å². The van der Waals surface area contributed by atoms with Crippen molar-refractivity contribution in [3.05, 3.63) is 34.1 Å². The second-order valence-corrected chi connectivity index (χ2v) is 6.78. The van der Waals surface area contributed by atoms with Gasteiger partial charge in [0.05, 0.1) is 18.6 Å². The Hall–Kier alpha value is -0.450. The largest absolute Gasteiger partial charge is 0.379 e. The van der Waals surface area contributed by atoms with E-state index >= 15 is 0 Å². The maximum Gasteiger partial charge on any atom is 0.127 e. The molecule has 1 saturated carbocycles. The Morgan fingerprint density at radius 3 is 2.58 bits per heavy atom. The van der Waals surface area contributed by atoms with Crippen molar-refractivity contribution in [2.45, 2.75) is 24.7 Å². The molecule has 0 aromatic heterocycles. The molecule has 1 aliphatic heterocycles. The van der Waals surface area contributed by atoms with Gasteiger partial charge in [-0.25, -0.2) is 4.39 Å². The molecule has 1 aromatic carbocycles. The van der Waals surface area contributed by atoms with Crippen molar-refractivity contribution in [2.24, 2.45) is 5.41 Å². The van der Waals surface area contributed by atoms with E-state index in [1.807, 2.05) is 13.1 Å². The van der Waals surface area contributed by atoms with Gasteiger partial charge in [0.15, 0.2) is 0 Å². The maximum absolute atomic E-state index is 14.3. The van der Waals surface area contributed by atoms with Crippen LogP contribution < -0.4 is 5.32 Å². The molecule has 3 rings (SSSR count). The average molecular weight is 328 g/mol. The van der Waals surface area contributed by atoms with Crippen LogP contribution in [0.1, 0.15) is 24.8 Å². The topological polar surface area (TPSA) is 21.3 Å². The highest BCUT2D eigenvalue weighted by Crippen LogP contribution is 2.58. The van der Waals surface area contributed by atoms with Crippen LogP contribution in [0.3, 0.4) is 0 Å². The van der Waals surface area contributed by atoms with Gasteiger partial charge in [0.2, 0.25) is 0 Å². The predicted molar refractivity (Wildman–Crippen MR) is 76.8 cm³/mol. The lowest BCUT2D eigenvalue weighted by Gasteiger charge is -2.60. The first-order valence-corrected chi connectivity index (χ1v) is 7.61. The summed E-state index contributed by atoms with van der Waals surface area (Å²) in [6, 6.07) is 5.26. The number of benzene rings is 1. The lowest BCUT2D eigenvalue weighted by atomic mass is 9.49. The van der Waals surface area contributed by atoms with E-state index < -0.39 is 0 Å². The summed E-state index contributed by atoms with van der Waals surface area (Å²) in [4.78, 5) is 0. The maximum atomic E-state index is 14.3. The third-order valence-corrected chi connectivity index (χ3v) is 5.48. The van der Waals surface area contributed by atoms with Gasteiger partial charge < -0.3 is 10.1 Å². The van der Waals surface area contributed by atoms with Gasteiger partial charge in [-0.1, -0.05) is 22.4 Å². The Morgan fingerprint density at radius 1 is 1.37 bits per heavy atom. The highest BCUT2D eigenvalue weighted by molar-refractivity contribution is 9.10. The SMILES string of the molecule is CNCC1(C2(c3cc(Br)ccc3F)COC2)CCC1. The molecule has 1 N–H and O–H groups in total. The van der Waals surface area contributed by atoms with Gasteiger partial charge >= 0.3 is 0 Å². The lowest BCUT2D eigenvalue weighted by Crippen LogP contribution is -2.64. The molecule has 0 radical (unpaired) electrons. The minimum atomic E-state index is -0.151. The summed E-state index contributed by atoms with van der Waals surface area (Å²) in [6.45, 7) is 2.21. The van der Waals surface area contributed by atoms with Crippen LogP contribution >= 0.6 is 15.9 Å². The average Bonchev–Trinajstić information content (AvgIpc) is 2.28. The molecule has 0 bridgehead atoms. The van der Waals surface area contributed by atoms with E-state index in [0.717, 1.165) is 29.4 Å². The highest BCUT2D eigenvalue weighted by Gasteiger charge is 2.60. The molecule has 2 aliphatic rings. The number of ether oxygens (including phenoxy) is 1. The molecule has 2 fully saturated rings. The Bertz CT molecular complexity index is 483. The molecular formula is C15H19BrFNO. The van der Waals surface area contributed by atoms with E-state index in [4.69, 9.17) is 4.74 Å². The molecule has 104 valence electrons. The fourth-order valence-corrected chi connectivity index (χ4v) is 4.05. The van der Waals surface area contributed by atoms with Crippen LogP contribution in [-0.4, -0.2) is 26.8 Å². The zero-order valence-electron chi connectivity index (χ0n) is 11.1. The zero-order chi connectivity index (χ0) is 13.5. The first kappa shape index (κ1) is 13.5. The van der Waals surface area contributed by atoms with Crippen molar-refractivity contribution < 1.29 is 9.13 Å². The van der Waals surface area contributed by atoms with Crippen LogP contribution in [0.5, 0.6) is 0 Å². The Labute approximate surface area is 121 Å². The number of nitrogens with one attached hydrogen (secondary N) is 1. The molecule has 0 unspecified atom stereocenters. The number of hydrogen-bond acceptors (Lipinski definition) is 2. The summed E-state index contributed by atoms with van der Waals surface area (Å²) in [5.74, 6) is -0.103. The number of hydrogen-bond donors (Lipinski definition) is 1. The van der Waals surface area contributed by atoms with Crippen molar-refractivity contribution >= 4 is 15.9 Å². The molecule has 1 aliphatic carbocycles. The van der Waals surface area contributed by atoms with Crippen molar-refractivity contribution in [3.8, 4) is 0 Å². The van der Waals surface area contributed by atoms with Crippen LogP contribution in [0.2, 0.25) is 0 Å². The van der Waals surface area contributed by atoms with E-state index in [1.165, 1.54) is 6.42 Å². The fraction of sp³-hybridized carbons (Fsp3) is 0.600. The normalized spacial score (nSPS) is 23.5. The van der Waals surface area contributed by atoms with Crippen molar-refractivity contribution in [1.82, 2.24) is 5.32 Å². The highest BCUT2D eigenvalue weighted by atomic mass is 79.9. The zero-order valence-corrected chi connectivity index (χ0v) is 12.7. The van der Waals surface area contributed by atoms with Gasteiger partial charge in [0, 0.05) is 16.6 Å². The lowest BCUT2D eigenvalue weighted by molar-refractivity contribution is -0.157. The van der Waals surface area contributed by atoms with Crippen LogP contribution in [-0.2, 0) is 10.2 Å². The number of halogens is 2. The van der Waals surface area contributed by atoms with Gasteiger partial charge in [-0.05, 0) is 43.5 Å². The number of rotatable bonds is 4. The fourth-order valence-electron chi connectivity index (χ4n) is 3.68. The molecule has 0 atom stereocenters. The minimum Gasteiger partial charge on any atom is -0.379 e. The molecule has 0 spiro atoms. The van der Waals surface area contributed by atoms with Crippen molar-refractivity contribution in [1.29, 1.82) is 0 Å². The molecule has 1 aromatic rings. The monoisotopic (exact) mass is 327 g/mol. The van der Waals surface area contributed by atoms with Gasteiger partial charge in [0.25, 0.3) is 0 Å². The summed E-state index contributed by atoms with van der Waals surface area (Å²) in [5, 5.41) is 3.30. The van der Waals surface area contributed by atoms with Crippen molar-refractivity contribution in [2.75, 3.05) is 26.8 Å². The second-order valence-electron chi connectivity index (χ2n) is 5.86. The van der Waals surface area contributed by atoms with E-state index in [1.54, 1.807) is 12.1 Å². The minimum absolute atomic E-state index is 0.103. The van der Waals surface area contributed by atoms with Gasteiger partial charge in [0.1, 0.15) is 5.82 Å². The van der Waals surface area contributed by atoms with Crippen molar-refractivity contribution in [3.63, 3.8) is 0 Å². The third kappa shape index (κ3) is 1.88. The van der Waals surface area contributed by atoms with E-state index in [0.29, 0.717) is 13.2 Å². The van der Waals surface area contributed by atoms with Gasteiger partial charge in [-0.3, -0.25) is 0 Å². The van der Waals surface area contributed by atoms with E-state index in [9.17, 15) is 4.39 Å². The standard InChI is InChI=1S/C15H19BrFNO/c1-18-8-14(5-2-6-14)15(9-19-10-15)12-7-11(16)3-4-13(12)17/h3-4,7,18H,2,5-6,8-10H2,1H3. The molecule has 2 nitrogen and oxygen atoms in total. The van der Waals surface area contributed by atoms with Gasteiger partial charge in [-0.15, -0.1) is 0 Å². The molecular weight excluding hydrogens is 309 g/mol. The quantitative estimate of drug-likeness (QED) is 0.916. The first-order valence-electron chi connectivity index (χ1n) is 6.81. The van der Waals surface area contributed by atoms with Crippen LogP contribution in [0, 0.1) is 11.2 Å². The predicted octanol–water partition coefficient (Wildman–Crippen LogP) is 3.25. The summed E-state index contributed by atoms with van der Waals surface area (Å²) >= 11 is 3.46.